The van der Waals surface area contributed by atoms with Gasteiger partial charge in [-0.05, 0) is 94.3 Å². The van der Waals surface area contributed by atoms with E-state index in [0.717, 1.165) is 11.3 Å². The number of hydrogen-bond donors (Lipinski definition) is 0. The molecule has 4 aliphatic carbocycles. The molecule has 0 saturated heterocycles. The monoisotopic (exact) mass is 396 g/mol. The van der Waals surface area contributed by atoms with E-state index in [1.54, 1.807) is 11.6 Å². The van der Waals surface area contributed by atoms with Crippen LogP contribution in [0.15, 0.2) is 0 Å². The summed E-state index contributed by atoms with van der Waals surface area (Å²) in [5.74, 6) is 1.59. The molecule has 136 valence electrons. The zero-order chi connectivity index (χ0) is 16.6. The van der Waals surface area contributed by atoms with Crippen LogP contribution in [0, 0.1) is 62.9 Å². The first-order valence-electron chi connectivity index (χ1n) is 10.0. The Kier molecular flexibility index (Phi) is 11.0. The van der Waals surface area contributed by atoms with Crippen LogP contribution in [-0.2, 0) is 17.1 Å². The molecule has 0 atom stereocenters. The molecule has 0 aromatic rings. The van der Waals surface area contributed by atoms with Crippen molar-refractivity contribution in [3.63, 3.8) is 0 Å². The molecule has 0 spiro atoms. The fraction of sp³-hybridized carbons (Fsp3) is 0.565. The Morgan fingerprint density at radius 3 is 1.44 bits per heavy atom. The van der Waals surface area contributed by atoms with Crippen molar-refractivity contribution in [2.75, 3.05) is 0 Å². The third kappa shape index (κ3) is 6.80. The Bertz CT molecular complexity index is 303. The van der Waals surface area contributed by atoms with Crippen LogP contribution >= 0.6 is 7.92 Å². The summed E-state index contributed by atoms with van der Waals surface area (Å²) < 4.78 is 0. The normalized spacial score (nSPS) is 27.1. The van der Waals surface area contributed by atoms with Crippen LogP contribution < -0.4 is 0 Å². The molecule has 2 heteroatoms. The van der Waals surface area contributed by atoms with Gasteiger partial charge in [0.1, 0.15) is 0 Å². The zero-order valence-corrected chi connectivity index (χ0v) is 17.6. The van der Waals surface area contributed by atoms with Crippen LogP contribution in [0.5, 0.6) is 0 Å². The molecule has 10 radical (unpaired) electrons. The molecule has 4 fully saturated rings. The van der Waals surface area contributed by atoms with Gasteiger partial charge < -0.3 is 0 Å². The number of rotatable bonds is 3. The smallest absolute Gasteiger partial charge is 0.0921 e. The molecule has 0 nitrogen and oxygen atoms in total. The third-order valence-corrected chi connectivity index (χ3v) is 9.44. The standard InChI is InChI=1S/C18H28P.C5H5.Fe/c1-15-9-8-14-18(15)19(16-10-4-2-5-11-16)17-12-6-3-7-13-17;1-2-4-5-3-1;/h8-9,14,16-17H,2-7,10-13H2,1H3;1-5H;/q;;+2. The van der Waals surface area contributed by atoms with Crippen molar-refractivity contribution in [2.24, 2.45) is 0 Å². The van der Waals surface area contributed by atoms with Gasteiger partial charge in [-0.1, -0.05) is 53.4 Å². The fourth-order valence-corrected chi connectivity index (χ4v) is 8.49. The molecular weight excluding hydrogens is 363 g/mol. The van der Waals surface area contributed by atoms with Gasteiger partial charge in [-0.15, -0.1) is 0 Å². The third-order valence-electron chi connectivity index (χ3n) is 5.77. The molecule has 0 amide bonds. The first-order valence-corrected chi connectivity index (χ1v) is 11.5. The molecule has 0 aromatic carbocycles. The molecule has 0 aromatic heterocycles. The molecule has 4 aliphatic rings. The van der Waals surface area contributed by atoms with Crippen molar-refractivity contribution in [3.05, 3.63) is 62.9 Å². The summed E-state index contributed by atoms with van der Waals surface area (Å²) in [7, 11) is 0.124. The second-order valence-corrected chi connectivity index (χ2v) is 10.3. The van der Waals surface area contributed by atoms with Crippen molar-refractivity contribution in [1.29, 1.82) is 0 Å². The van der Waals surface area contributed by atoms with Gasteiger partial charge in [0.05, 0.1) is 0 Å². The first-order chi connectivity index (χ1) is 11.9. The van der Waals surface area contributed by atoms with E-state index < -0.39 is 0 Å². The molecule has 0 heterocycles. The minimum Gasteiger partial charge on any atom is -0.0921 e. The zero-order valence-electron chi connectivity index (χ0n) is 15.6. The van der Waals surface area contributed by atoms with Gasteiger partial charge in [-0.25, -0.2) is 0 Å². The first kappa shape index (κ1) is 22.2. The van der Waals surface area contributed by atoms with Gasteiger partial charge in [0.15, 0.2) is 0 Å². The van der Waals surface area contributed by atoms with Crippen LogP contribution in [0.2, 0.25) is 0 Å². The summed E-state index contributed by atoms with van der Waals surface area (Å²) in [6, 6.07) is 0. The summed E-state index contributed by atoms with van der Waals surface area (Å²) in [5.41, 5.74) is 3.87. The quantitative estimate of drug-likeness (QED) is 0.359. The fourth-order valence-electron chi connectivity index (χ4n) is 4.52. The molecular formula is C23H33FeP+2. The van der Waals surface area contributed by atoms with Gasteiger partial charge in [0.2, 0.25) is 0 Å². The largest absolute Gasteiger partial charge is 2.00 e. The average Bonchev–Trinajstić information content (AvgIpc) is 3.33. The Hall–Kier alpha value is 0.949. The Morgan fingerprint density at radius 2 is 1.08 bits per heavy atom. The molecule has 0 bridgehead atoms. The minimum atomic E-state index is 0. The topological polar surface area (TPSA) is 0 Å². The van der Waals surface area contributed by atoms with E-state index in [9.17, 15) is 0 Å². The summed E-state index contributed by atoms with van der Waals surface area (Å²) in [6.07, 6.45) is 32.2. The molecule has 0 aliphatic heterocycles. The number of hydrogen-bond acceptors (Lipinski definition) is 0. The van der Waals surface area contributed by atoms with Crippen molar-refractivity contribution in [1.82, 2.24) is 0 Å². The Labute approximate surface area is 170 Å². The summed E-state index contributed by atoms with van der Waals surface area (Å²) in [6.45, 7) is 2.34. The van der Waals surface area contributed by atoms with Crippen LogP contribution in [0.1, 0.15) is 71.1 Å². The van der Waals surface area contributed by atoms with Gasteiger partial charge in [0.25, 0.3) is 0 Å². The summed E-state index contributed by atoms with van der Waals surface area (Å²) in [5, 5.41) is 0. The van der Waals surface area contributed by atoms with E-state index in [0.29, 0.717) is 0 Å². The van der Waals surface area contributed by atoms with E-state index in [1.165, 1.54) is 64.2 Å². The Balaban J connectivity index is 0.000000325. The Morgan fingerprint density at radius 1 is 0.640 bits per heavy atom. The second kappa shape index (κ2) is 12.4. The molecule has 25 heavy (non-hydrogen) atoms. The van der Waals surface area contributed by atoms with Crippen molar-refractivity contribution < 1.29 is 17.1 Å². The predicted molar refractivity (Wildman–Crippen MR) is 107 cm³/mol. The van der Waals surface area contributed by atoms with E-state index >= 15 is 0 Å². The van der Waals surface area contributed by atoms with Crippen LogP contribution in [0.25, 0.3) is 0 Å². The molecule has 4 rings (SSSR count). The summed E-state index contributed by atoms with van der Waals surface area (Å²) in [4.78, 5) is 0. The molecule has 0 N–H and O–H groups in total. The maximum absolute atomic E-state index is 2.46. The van der Waals surface area contributed by atoms with E-state index in [2.05, 4.69) is 26.2 Å². The average molecular weight is 396 g/mol. The molecule has 0 unspecified atom stereocenters. The van der Waals surface area contributed by atoms with Gasteiger partial charge >= 0.3 is 17.1 Å². The molecule has 4 saturated carbocycles. The minimum absolute atomic E-state index is 0. The van der Waals surface area contributed by atoms with E-state index in [-0.39, 0.29) is 25.0 Å². The van der Waals surface area contributed by atoms with Gasteiger partial charge in [0, 0.05) is 5.66 Å². The van der Waals surface area contributed by atoms with Gasteiger partial charge in [-0.2, -0.15) is 0 Å². The SMILES string of the molecule is C[C]1[CH][CH][CH][C]1P(C1CCCCC1)C1CCCCC1.[CH]1[CH][CH][CH][CH]1.[Fe+2]. The van der Waals surface area contributed by atoms with Crippen molar-refractivity contribution >= 4 is 7.92 Å². The summed E-state index contributed by atoms with van der Waals surface area (Å²) >= 11 is 0. The van der Waals surface area contributed by atoms with Crippen molar-refractivity contribution in [2.45, 2.75) is 82.4 Å². The predicted octanol–water partition coefficient (Wildman–Crippen LogP) is 6.91. The van der Waals surface area contributed by atoms with Crippen LogP contribution in [0.3, 0.4) is 0 Å². The second-order valence-electron chi connectivity index (χ2n) is 7.55. The maximum atomic E-state index is 2.46. The van der Waals surface area contributed by atoms with E-state index in [1.807, 2.05) is 32.1 Å². The van der Waals surface area contributed by atoms with E-state index in [4.69, 9.17) is 0 Å². The van der Waals surface area contributed by atoms with Crippen LogP contribution in [0.4, 0.5) is 0 Å². The van der Waals surface area contributed by atoms with Crippen LogP contribution in [-0.4, -0.2) is 11.3 Å². The van der Waals surface area contributed by atoms with Gasteiger partial charge in [-0.3, -0.25) is 0 Å². The van der Waals surface area contributed by atoms with Crippen molar-refractivity contribution in [3.8, 4) is 0 Å². The maximum Gasteiger partial charge on any atom is 2.00 e.